The predicted molar refractivity (Wildman–Crippen MR) is 91.4 cm³/mol. The molecule has 2 aromatic carbocycles. The molecule has 24 heavy (non-hydrogen) atoms. The lowest BCUT2D eigenvalue weighted by Gasteiger charge is -2.12. The third kappa shape index (κ3) is 4.80. The molecule has 1 amide bonds. The van der Waals surface area contributed by atoms with E-state index in [1.807, 2.05) is 24.3 Å². The van der Waals surface area contributed by atoms with E-state index in [-0.39, 0.29) is 17.8 Å². The van der Waals surface area contributed by atoms with E-state index in [2.05, 4.69) is 10.6 Å². The van der Waals surface area contributed by atoms with Crippen LogP contribution in [0.3, 0.4) is 0 Å². The van der Waals surface area contributed by atoms with E-state index in [1.54, 1.807) is 12.1 Å². The van der Waals surface area contributed by atoms with Crippen LogP contribution in [0.4, 0.5) is 10.1 Å². The molecule has 2 aromatic rings. The van der Waals surface area contributed by atoms with E-state index in [0.29, 0.717) is 18.8 Å². The van der Waals surface area contributed by atoms with Crippen molar-refractivity contribution in [1.82, 2.24) is 5.32 Å². The number of ether oxygens (including phenoxy) is 1. The first kappa shape index (κ1) is 16.5. The van der Waals surface area contributed by atoms with Crippen molar-refractivity contribution < 1.29 is 13.9 Å². The Hall–Kier alpha value is -2.40. The minimum absolute atomic E-state index is 0.0117. The van der Waals surface area contributed by atoms with Crippen LogP contribution in [0.25, 0.3) is 0 Å². The van der Waals surface area contributed by atoms with Crippen LogP contribution in [0.15, 0.2) is 48.5 Å². The first-order chi connectivity index (χ1) is 11.7. The van der Waals surface area contributed by atoms with Gasteiger partial charge in [0.2, 0.25) is 5.91 Å². The monoisotopic (exact) mass is 328 g/mol. The van der Waals surface area contributed by atoms with E-state index < -0.39 is 0 Å². The number of hydrogen-bond donors (Lipinski definition) is 2. The van der Waals surface area contributed by atoms with Gasteiger partial charge in [0.1, 0.15) is 18.2 Å². The molecule has 1 saturated heterocycles. The Balaban J connectivity index is 1.54. The molecule has 1 fully saturated rings. The average molecular weight is 328 g/mol. The van der Waals surface area contributed by atoms with Gasteiger partial charge in [-0.1, -0.05) is 18.2 Å². The second-order valence-corrected chi connectivity index (χ2v) is 5.99. The highest BCUT2D eigenvalue weighted by atomic mass is 19.1. The lowest BCUT2D eigenvalue weighted by molar-refractivity contribution is -0.116. The summed E-state index contributed by atoms with van der Waals surface area (Å²) in [7, 11) is 0. The molecular formula is C19H21FN2O2. The topological polar surface area (TPSA) is 50.4 Å². The zero-order valence-electron chi connectivity index (χ0n) is 13.4. The first-order valence-electron chi connectivity index (χ1n) is 8.19. The summed E-state index contributed by atoms with van der Waals surface area (Å²) in [6, 6.07) is 13.8. The summed E-state index contributed by atoms with van der Waals surface area (Å²) in [4.78, 5) is 12.1. The quantitative estimate of drug-likeness (QED) is 0.853. The van der Waals surface area contributed by atoms with Gasteiger partial charge in [0.15, 0.2) is 0 Å². The largest absolute Gasteiger partial charge is 0.489 e. The van der Waals surface area contributed by atoms with Gasteiger partial charge in [-0.2, -0.15) is 0 Å². The number of amides is 1. The molecule has 0 radical (unpaired) electrons. The Morgan fingerprint density at radius 3 is 2.92 bits per heavy atom. The van der Waals surface area contributed by atoms with Crippen LogP contribution in [0, 0.1) is 5.82 Å². The van der Waals surface area contributed by atoms with Crippen molar-refractivity contribution >= 4 is 11.6 Å². The fourth-order valence-corrected chi connectivity index (χ4v) is 2.83. The number of rotatable bonds is 6. The molecule has 0 aliphatic carbocycles. The molecule has 0 aromatic heterocycles. The minimum atomic E-state index is -0.325. The molecule has 3 rings (SSSR count). The summed E-state index contributed by atoms with van der Waals surface area (Å²) < 4.78 is 18.7. The Morgan fingerprint density at radius 1 is 1.25 bits per heavy atom. The van der Waals surface area contributed by atoms with E-state index in [4.69, 9.17) is 4.74 Å². The average Bonchev–Trinajstić information content (AvgIpc) is 3.06. The maximum atomic E-state index is 13.1. The summed E-state index contributed by atoms with van der Waals surface area (Å²) >= 11 is 0. The normalized spacial score (nSPS) is 16.8. The summed E-state index contributed by atoms with van der Waals surface area (Å²) in [5.41, 5.74) is 1.66. The van der Waals surface area contributed by atoms with Crippen LogP contribution in [-0.4, -0.2) is 18.5 Å². The second-order valence-electron chi connectivity index (χ2n) is 5.99. The van der Waals surface area contributed by atoms with Gasteiger partial charge in [0, 0.05) is 24.2 Å². The molecule has 1 aliphatic heterocycles. The van der Waals surface area contributed by atoms with Crippen LogP contribution < -0.4 is 15.4 Å². The van der Waals surface area contributed by atoms with Gasteiger partial charge in [0.05, 0.1) is 0 Å². The summed E-state index contributed by atoms with van der Waals surface area (Å²) in [5.74, 6) is 0.170. The molecule has 0 bridgehead atoms. The Labute approximate surface area is 141 Å². The lowest BCUT2D eigenvalue weighted by atomic mass is 10.1. The van der Waals surface area contributed by atoms with Crippen LogP contribution in [0.5, 0.6) is 5.75 Å². The Bertz CT molecular complexity index is 699. The Morgan fingerprint density at radius 2 is 2.12 bits per heavy atom. The second kappa shape index (κ2) is 7.93. The van der Waals surface area contributed by atoms with Gasteiger partial charge in [-0.25, -0.2) is 4.39 Å². The van der Waals surface area contributed by atoms with Gasteiger partial charge in [-0.15, -0.1) is 0 Å². The van der Waals surface area contributed by atoms with Gasteiger partial charge in [0.25, 0.3) is 0 Å². The fraction of sp³-hybridized carbons (Fsp3) is 0.316. The predicted octanol–water partition coefficient (Wildman–Crippen LogP) is 3.49. The number of carbonyl (C=O) groups excluding carboxylic acids is 1. The molecule has 1 aliphatic rings. The smallest absolute Gasteiger partial charge is 0.225 e. The van der Waals surface area contributed by atoms with Crippen LogP contribution in [-0.2, 0) is 11.4 Å². The van der Waals surface area contributed by atoms with Crippen LogP contribution in [0.2, 0.25) is 0 Å². The lowest BCUT2D eigenvalue weighted by Crippen LogP contribution is -2.27. The van der Waals surface area contributed by atoms with Gasteiger partial charge < -0.3 is 15.4 Å². The highest BCUT2D eigenvalue weighted by molar-refractivity contribution is 5.91. The molecule has 0 saturated carbocycles. The zero-order valence-corrected chi connectivity index (χ0v) is 13.4. The number of carbonyl (C=O) groups is 1. The van der Waals surface area contributed by atoms with Crippen molar-refractivity contribution in [3.05, 3.63) is 59.9 Å². The fourth-order valence-electron chi connectivity index (χ4n) is 2.83. The van der Waals surface area contributed by atoms with Gasteiger partial charge in [-0.3, -0.25) is 4.79 Å². The highest BCUT2D eigenvalue weighted by Gasteiger charge is 2.17. The third-order valence-electron chi connectivity index (χ3n) is 4.01. The van der Waals surface area contributed by atoms with Crippen molar-refractivity contribution in [3.8, 4) is 5.75 Å². The molecule has 0 spiro atoms. The number of halogens is 1. The molecule has 1 unspecified atom stereocenters. The minimum Gasteiger partial charge on any atom is -0.489 e. The van der Waals surface area contributed by atoms with Crippen molar-refractivity contribution in [2.45, 2.75) is 31.9 Å². The van der Waals surface area contributed by atoms with E-state index in [0.717, 1.165) is 30.6 Å². The number of anilines is 1. The van der Waals surface area contributed by atoms with E-state index in [9.17, 15) is 9.18 Å². The van der Waals surface area contributed by atoms with E-state index in [1.165, 1.54) is 12.1 Å². The van der Waals surface area contributed by atoms with Crippen molar-refractivity contribution in [2.24, 2.45) is 0 Å². The molecule has 5 heteroatoms. The maximum absolute atomic E-state index is 13.1. The third-order valence-corrected chi connectivity index (χ3v) is 4.01. The molecule has 126 valence electrons. The number of nitrogens with one attached hydrogen (secondary N) is 2. The molecule has 4 nitrogen and oxygen atoms in total. The van der Waals surface area contributed by atoms with Gasteiger partial charge in [-0.05, 0) is 49.2 Å². The van der Waals surface area contributed by atoms with Crippen LogP contribution >= 0.6 is 0 Å². The van der Waals surface area contributed by atoms with Crippen molar-refractivity contribution in [1.29, 1.82) is 0 Å². The van der Waals surface area contributed by atoms with Crippen molar-refractivity contribution in [3.63, 3.8) is 0 Å². The molecule has 1 heterocycles. The number of benzene rings is 2. The summed E-state index contributed by atoms with van der Waals surface area (Å²) in [5, 5.41) is 6.24. The van der Waals surface area contributed by atoms with Crippen LogP contribution in [0.1, 0.15) is 24.8 Å². The first-order valence-corrected chi connectivity index (χ1v) is 8.19. The number of hydrogen-bond acceptors (Lipinski definition) is 3. The Kier molecular flexibility index (Phi) is 5.43. The van der Waals surface area contributed by atoms with E-state index >= 15 is 0 Å². The standard InChI is InChI=1S/C19H21FN2O2/c20-15-5-2-8-18(11-15)24-13-14-4-1-6-17(10-14)22-19(23)12-16-7-3-9-21-16/h1-2,4-6,8,10-11,16,21H,3,7,9,12-13H2,(H,22,23). The zero-order chi connectivity index (χ0) is 16.8. The maximum Gasteiger partial charge on any atom is 0.225 e. The summed E-state index contributed by atoms with van der Waals surface area (Å²) in [6.45, 7) is 1.31. The molecule has 1 atom stereocenters. The van der Waals surface area contributed by atoms with Gasteiger partial charge >= 0.3 is 0 Å². The molecular weight excluding hydrogens is 307 g/mol. The molecule has 2 N–H and O–H groups in total. The SMILES string of the molecule is O=C(CC1CCCN1)Nc1cccc(COc2cccc(F)c2)c1. The summed E-state index contributed by atoms with van der Waals surface area (Å²) in [6.07, 6.45) is 2.67. The van der Waals surface area contributed by atoms with Crippen molar-refractivity contribution in [2.75, 3.05) is 11.9 Å². The highest BCUT2D eigenvalue weighted by Crippen LogP contribution is 2.17.